The summed E-state index contributed by atoms with van der Waals surface area (Å²) in [6, 6.07) is 11.8. The summed E-state index contributed by atoms with van der Waals surface area (Å²) in [5.41, 5.74) is 2.51. The highest BCUT2D eigenvalue weighted by Crippen LogP contribution is 2.48. The van der Waals surface area contributed by atoms with E-state index in [0.29, 0.717) is 54.4 Å². The molecule has 62 heavy (non-hydrogen) atoms. The van der Waals surface area contributed by atoms with Gasteiger partial charge in [-0.3, -0.25) is 14.3 Å². The Hall–Kier alpha value is -5.22. The van der Waals surface area contributed by atoms with Gasteiger partial charge in [-0.2, -0.15) is 0 Å². The number of fused-ring (bicyclic) bond motifs is 3. The van der Waals surface area contributed by atoms with Crippen molar-refractivity contribution in [2.75, 3.05) is 27.3 Å². The molecule has 0 radical (unpaired) electrons. The number of hydrogen-bond acceptors (Lipinski definition) is 11. The normalized spacial score (nSPS) is 24.3. The highest BCUT2D eigenvalue weighted by Gasteiger charge is 2.63. The minimum atomic E-state index is -3.98. The third-order valence-electron chi connectivity index (χ3n) is 12.9. The van der Waals surface area contributed by atoms with Gasteiger partial charge < -0.3 is 29.3 Å². The molecule has 16 heteroatoms. The number of urea groups is 1. The molecule has 8 rings (SSSR count). The zero-order chi connectivity index (χ0) is 44.0. The lowest BCUT2D eigenvalue weighted by molar-refractivity contribution is -0.131. The molecule has 330 valence electrons. The number of aryl methyl sites for hydroxylation is 1. The highest BCUT2D eigenvalue weighted by molar-refractivity contribution is 7.91. The maximum Gasteiger partial charge on any atom is 0.321 e. The first-order valence-electron chi connectivity index (χ1n) is 21.5. The van der Waals surface area contributed by atoms with Crippen molar-refractivity contribution >= 4 is 50.1 Å². The first-order chi connectivity index (χ1) is 29.6. The van der Waals surface area contributed by atoms with Crippen molar-refractivity contribution < 1.29 is 37.0 Å². The van der Waals surface area contributed by atoms with E-state index in [1.165, 1.54) is 11.3 Å². The summed E-state index contributed by atoms with van der Waals surface area (Å²) in [4.78, 5) is 57.1. The van der Waals surface area contributed by atoms with E-state index in [1.54, 1.807) is 30.9 Å². The van der Waals surface area contributed by atoms with Crippen LogP contribution < -0.4 is 24.2 Å². The average molecular weight is 885 g/mol. The van der Waals surface area contributed by atoms with E-state index in [0.717, 1.165) is 52.9 Å². The first-order valence-corrected chi connectivity index (χ1v) is 23.9. The average Bonchev–Trinajstić information content (AvgIpc) is 4.02. The molecule has 0 spiro atoms. The number of rotatable bonds is 11. The number of nitrogens with zero attached hydrogens (tertiary/aromatic N) is 4. The predicted octanol–water partition coefficient (Wildman–Crippen LogP) is 7.25. The minimum Gasteiger partial charge on any atom is -0.497 e. The summed E-state index contributed by atoms with van der Waals surface area (Å²) in [7, 11) is -0.764. The second-order valence-corrected chi connectivity index (χ2v) is 20.7. The molecule has 2 N–H and O–H groups in total. The van der Waals surface area contributed by atoms with Crippen LogP contribution in [0.3, 0.4) is 0 Å². The zero-order valence-electron chi connectivity index (χ0n) is 36.2. The SMILES string of the molecule is COc1ccc(CN2CCCCC/C=C\[C@H]3C[C@@]3(C(=O)NS(=O)(=O)C3(C)CC3)NC(=O)[C@@H]3C[C@@H](Oc4cc(-c5nc(C(C)C)cs5)nc5c(C)c(OC)ccc45)CN3C2=O)cc1. The molecule has 4 atom stereocenters. The number of hydrogen-bond donors (Lipinski definition) is 2. The van der Waals surface area contributed by atoms with Gasteiger partial charge in [0.2, 0.25) is 15.9 Å². The van der Waals surface area contributed by atoms with Crippen molar-refractivity contribution in [3.8, 4) is 28.0 Å². The monoisotopic (exact) mass is 884 g/mol. The molecular weight excluding hydrogens is 829 g/mol. The number of carbonyl (C=O) groups is 3. The largest absolute Gasteiger partial charge is 0.497 e. The number of pyridine rings is 1. The summed E-state index contributed by atoms with van der Waals surface area (Å²) >= 11 is 1.50. The molecule has 2 aromatic heterocycles. The number of methoxy groups -OCH3 is 2. The number of benzene rings is 2. The van der Waals surface area contributed by atoms with Crippen LogP contribution in [0.2, 0.25) is 0 Å². The van der Waals surface area contributed by atoms with Crippen molar-refractivity contribution in [3.63, 3.8) is 0 Å². The quantitative estimate of drug-likeness (QED) is 0.146. The molecule has 2 aliphatic heterocycles. The summed E-state index contributed by atoms with van der Waals surface area (Å²) in [5, 5.41) is 6.50. The van der Waals surface area contributed by atoms with Gasteiger partial charge in [0.1, 0.15) is 45.6 Å². The zero-order valence-corrected chi connectivity index (χ0v) is 37.9. The fourth-order valence-corrected chi connectivity index (χ4v) is 10.7. The van der Waals surface area contributed by atoms with E-state index in [1.807, 2.05) is 66.9 Å². The summed E-state index contributed by atoms with van der Waals surface area (Å²) < 4.78 is 45.9. The number of amides is 4. The summed E-state index contributed by atoms with van der Waals surface area (Å²) in [5.74, 6) is 0.413. The number of aromatic nitrogens is 2. The molecule has 2 saturated carbocycles. The molecule has 4 heterocycles. The molecule has 0 unspecified atom stereocenters. The van der Waals surface area contributed by atoms with Crippen LogP contribution in [0.4, 0.5) is 4.79 Å². The van der Waals surface area contributed by atoms with Gasteiger partial charge in [0.05, 0.1) is 36.7 Å². The summed E-state index contributed by atoms with van der Waals surface area (Å²) in [6.45, 7) is 8.58. The number of thiazole rings is 1. The van der Waals surface area contributed by atoms with Gasteiger partial charge in [0.15, 0.2) is 0 Å². The van der Waals surface area contributed by atoms with Crippen LogP contribution >= 0.6 is 11.3 Å². The third kappa shape index (κ3) is 8.59. The molecule has 4 amide bonds. The molecule has 3 fully saturated rings. The van der Waals surface area contributed by atoms with Crippen LogP contribution in [-0.2, 0) is 26.2 Å². The standard InChI is InChI=1S/C46H56N6O8S2/c1-28(2)36-27-61-42(48-36)35-23-39(34-17-18-38(59-6)29(3)40(34)47-35)60-33-22-37-41(53)49-46(43(54)50-62(56,57)45(4)19-20-45)24-31(46)12-10-8-7-9-11-21-51(44(55)52(37)26-33)25-30-13-15-32(58-5)16-14-30/h10,12-18,23,27-28,31,33,37H,7-9,11,19-22,24-26H2,1-6H3,(H,49,53)(H,50,54)/b12-10-/t31-,33+,37-,46+/m0/s1. The van der Waals surface area contributed by atoms with Crippen molar-refractivity contribution in [1.82, 2.24) is 29.8 Å². The molecule has 2 aliphatic carbocycles. The van der Waals surface area contributed by atoms with Crippen LogP contribution in [0.25, 0.3) is 21.6 Å². The Bertz CT molecular complexity index is 2500. The second-order valence-electron chi connectivity index (χ2n) is 17.7. The molecule has 0 bridgehead atoms. The first kappa shape index (κ1) is 43.4. The molecule has 1 saturated heterocycles. The lowest BCUT2D eigenvalue weighted by Crippen LogP contribution is -2.58. The Kier molecular flexibility index (Phi) is 12.0. The number of nitrogens with one attached hydrogen (secondary N) is 2. The van der Waals surface area contributed by atoms with Gasteiger partial charge in [0.25, 0.3) is 5.91 Å². The number of sulfonamides is 1. The lowest BCUT2D eigenvalue weighted by atomic mass is 10.1. The van der Waals surface area contributed by atoms with E-state index in [9.17, 15) is 22.8 Å². The molecule has 14 nitrogen and oxygen atoms in total. The number of allylic oxidation sites excluding steroid dienone is 1. The number of carbonyl (C=O) groups excluding carboxylic acids is 3. The Morgan fingerprint density at radius 1 is 1.03 bits per heavy atom. The molecule has 4 aromatic rings. The fourth-order valence-electron chi connectivity index (χ4n) is 8.44. The Morgan fingerprint density at radius 2 is 1.81 bits per heavy atom. The van der Waals surface area contributed by atoms with Crippen molar-refractivity contribution in [2.45, 2.75) is 114 Å². The van der Waals surface area contributed by atoms with Gasteiger partial charge in [-0.05, 0) is 88.1 Å². The minimum absolute atomic E-state index is 0.0777. The molecular formula is C46H56N6O8S2. The van der Waals surface area contributed by atoms with E-state index < -0.39 is 50.2 Å². The second kappa shape index (κ2) is 17.2. The van der Waals surface area contributed by atoms with E-state index >= 15 is 0 Å². The van der Waals surface area contributed by atoms with Crippen LogP contribution in [0, 0.1) is 12.8 Å². The molecule has 4 aliphatic rings. The van der Waals surface area contributed by atoms with Crippen LogP contribution in [-0.4, -0.2) is 95.8 Å². The molecule has 2 aromatic carbocycles. The van der Waals surface area contributed by atoms with Crippen molar-refractivity contribution in [1.29, 1.82) is 0 Å². The van der Waals surface area contributed by atoms with Gasteiger partial charge in [0, 0.05) is 47.8 Å². The fraction of sp³-hybridized carbons (Fsp3) is 0.500. The lowest BCUT2D eigenvalue weighted by Gasteiger charge is -2.32. The Balaban J connectivity index is 1.15. The van der Waals surface area contributed by atoms with Crippen molar-refractivity contribution in [2.24, 2.45) is 5.92 Å². The third-order valence-corrected chi connectivity index (χ3v) is 15.9. The Morgan fingerprint density at radius 3 is 2.50 bits per heavy atom. The topological polar surface area (TPSA) is 169 Å². The van der Waals surface area contributed by atoms with Crippen LogP contribution in [0.1, 0.15) is 94.9 Å². The van der Waals surface area contributed by atoms with Gasteiger partial charge in [-0.15, -0.1) is 11.3 Å². The van der Waals surface area contributed by atoms with Gasteiger partial charge in [-0.1, -0.05) is 44.6 Å². The smallest absolute Gasteiger partial charge is 0.321 e. The van der Waals surface area contributed by atoms with Crippen LogP contribution in [0.15, 0.2) is 60.0 Å². The van der Waals surface area contributed by atoms with E-state index in [-0.39, 0.29) is 31.3 Å². The Labute approximate surface area is 367 Å². The highest BCUT2D eigenvalue weighted by atomic mass is 32.2. The van der Waals surface area contributed by atoms with E-state index in [2.05, 4.69) is 23.9 Å². The maximum atomic E-state index is 15.0. The number of ether oxygens (including phenoxy) is 3. The van der Waals surface area contributed by atoms with Crippen molar-refractivity contribution in [3.05, 3.63) is 76.8 Å². The van der Waals surface area contributed by atoms with E-state index in [4.69, 9.17) is 24.2 Å². The van der Waals surface area contributed by atoms with Gasteiger partial charge >= 0.3 is 6.03 Å². The maximum absolute atomic E-state index is 15.0. The predicted molar refractivity (Wildman–Crippen MR) is 238 cm³/mol. The summed E-state index contributed by atoms with van der Waals surface area (Å²) in [6.07, 6.45) is 7.76. The van der Waals surface area contributed by atoms with Gasteiger partial charge in [-0.25, -0.2) is 23.2 Å². The van der Waals surface area contributed by atoms with Crippen LogP contribution in [0.5, 0.6) is 17.2 Å².